The van der Waals surface area contributed by atoms with E-state index < -0.39 is 5.97 Å². The molecule has 0 amide bonds. The van der Waals surface area contributed by atoms with Crippen LogP contribution in [0.2, 0.25) is 5.02 Å². The lowest BCUT2D eigenvalue weighted by atomic mass is 10.2. The molecule has 0 aliphatic carbocycles. The van der Waals surface area contributed by atoms with E-state index in [1.807, 2.05) is 0 Å². The maximum absolute atomic E-state index is 12.0. The minimum atomic E-state index is -0.636. The van der Waals surface area contributed by atoms with Crippen molar-refractivity contribution in [2.45, 2.75) is 6.92 Å². The summed E-state index contributed by atoms with van der Waals surface area (Å²) in [7, 11) is 1.46. The summed E-state index contributed by atoms with van der Waals surface area (Å²) < 4.78 is 5.10. The van der Waals surface area contributed by atoms with Gasteiger partial charge in [0.25, 0.3) is 0 Å². The molecule has 0 unspecified atom stereocenters. The Labute approximate surface area is 127 Å². The number of pyridine rings is 1. The van der Waals surface area contributed by atoms with Gasteiger partial charge in [-0.1, -0.05) is 16.8 Å². The highest BCUT2D eigenvalue weighted by Crippen LogP contribution is 2.23. The van der Waals surface area contributed by atoms with Crippen molar-refractivity contribution in [1.82, 2.24) is 4.98 Å². The molecule has 0 bridgehead atoms. The Morgan fingerprint density at radius 1 is 1.24 bits per heavy atom. The van der Waals surface area contributed by atoms with Gasteiger partial charge in [-0.15, -0.1) is 0 Å². The average Bonchev–Trinajstić information content (AvgIpc) is 2.53. The number of hydrogen-bond donors (Lipinski definition) is 0. The van der Waals surface area contributed by atoms with Gasteiger partial charge in [-0.05, 0) is 37.3 Å². The van der Waals surface area contributed by atoms with E-state index in [1.165, 1.54) is 13.2 Å². The number of methoxy groups -OCH3 is 1. The molecule has 0 saturated heterocycles. The van der Waals surface area contributed by atoms with Gasteiger partial charge in [0.1, 0.15) is 11.3 Å². The van der Waals surface area contributed by atoms with E-state index >= 15 is 0 Å². The Morgan fingerprint density at radius 3 is 2.62 bits per heavy atom. The summed E-state index contributed by atoms with van der Waals surface area (Å²) in [5.74, 6) is -0.260. The Bertz CT molecular complexity index is 672. The number of benzene rings is 1. The molecule has 0 aliphatic heterocycles. The maximum Gasteiger partial charge on any atom is 0.369 e. The quantitative estimate of drug-likeness (QED) is 0.494. The van der Waals surface area contributed by atoms with Crippen molar-refractivity contribution in [2.24, 2.45) is 5.16 Å². The normalized spacial score (nSPS) is 11.1. The van der Waals surface area contributed by atoms with Gasteiger partial charge in [0.15, 0.2) is 0 Å². The van der Waals surface area contributed by atoms with E-state index in [-0.39, 0.29) is 5.56 Å². The molecule has 108 valence electrons. The van der Waals surface area contributed by atoms with Crippen molar-refractivity contribution in [2.75, 3.05) is 7.11 Å². The zero-order chi connectivity index (χ0) is 15.2. The van der Waals surface area contributed by atoms with Crippen molar-refractivity contribution in [3.63, 3.8) is 0 Å². The largest absolute Gasteiger partial charge is 0.496 e. The second-order valence-electron chi connectivity index (χ2n) is 4.14. The minimum absolute atomic E-state index is 0.219. The van der Waals surface area contributed by atoms with Crippen molar-refractivity contribution >= 4 is 23.3 Å². The van der Waals surface area contributed by atoms with Crippen LogP contribution in [0.3, 0.4) is 0 Å². The molecule has 0 radical (unpaired) electrons. The topological polar surface area (TPSA) is 60.8 Å². The second-order valence-corrected chi connectivity index (χ2v) is 4.57. The number of ether oxygens (including phenoxy) is 1. The van der Waals surface area contributed by atoms with Gasteiger partial charge in [0.2, 0.25) is 0 Å². The molecule has 2 aromatic rings. The first-order chi connectivity index (χ1) is 10.1. The van der Waals surface area contributed by atoms with Gasteiger partial charge in [-0.25, -0.2) is 4.79 Å². The van der Waals surface area contributed by atoms with Gasteiger partial charge in [0.05, 0.1) is 12.8 Å². The highest BCUT2D eigenvalue weighted by molar-refractivity contribution is 6.31. The predicted molar refractivity (Wildman–Crippen MR) is 79.9 cm³/mol. The van der Waals surface area contributed by atoms with E-state index in [4.69, 9.17) is 21.2 Å². The highest BCUT2D eigenvalue weighted by Gasteiger charge is 2.15. The van der Waals surface area contributed by atoms with Crippen LogP contribution in [0.5, 0.6) is 5.75 Å². The Balaban J connectivity index is 2.17. The van der Waals surface area contributed by atoms with Crippen LogP contribution in [0.15, 0.2) is 47.9 Å². The van der Waals surface area contributed by atoms with Crippen molar-refractivity contribution < 1.29 is 14.4 Å². The molecule has 0 fully saturated rings. The Hall–Kier alpha value is -2.40. The number of nitrogens with zero attached hydrogens (tertiary/aromatic N) is 2. The van der Waals surface area contributed by atoms with E-state index in [0.717, 1.165) is 5.56 Å². The van der Waals surface area contributed by atoms with Crippen molar-refractivity contribution in [3.05, 3.63) is 58.9 Å². The van der Waals surface area contributed by atoms with Gasteiger partial charge in [-0.3, -0.25) is 4.98 Å². The highest BCUT2D eigenvalue weighted by atomic mass is 35.5. The summed E-state index contributed by atoms with van der Waals surface area (Å²) >= 11 is 5.87. The lowest BCUT2D eigenvalue weighted by Gasteiger charge is -2.06. The van der Waals surface area contributed by atoms with Gasteiger partial charge < -0.3 is 9.57 Å². The summed E-state index contributed by atoms with van der Waals surface area (Å²) in [6, 6.07) is 8.24. The molecular formula is C15H13ClN2O3. The first-order valence-electron chi connectivity index (χ1n) is 6.11. The van der Waals surface area contributed by atoms with Crippen molar-refractivity contribution in [1.29, 1.82) is 0 Å². The summed E-state index contributed by atoms with van der Waals surface area (Å²) in [4.78, 5) is 20.9. The molecule has 1 aromatic heterocycles. The zero-order valence-corrected chi connectivity index (χ0v) is 12.3. The number of hydrogen-bond acceptors (Lipinski definition) is 5. The van der Waals surface area contributed by atoms with E-state index in [0.29, 0.717) is 16.5 Å². The van der Waals surface area contributed by atoms with Crippen LogP contribution in [-0.2, 0) is 4.84 Å². The van der Waals surface area contributed by atoms with Crippen LogP contribution in [0.4, 0.5) is 0 Å². The Kier molecular flexibility index (Phi) is 4.90. The first-order valence-corrected chi connectivity index (χ1v) is 6.49. The number of carbonyl (C=O) groups is 1. The third-order valence-corrected chi connectivity index (χ3v) is 2.98. The molecule has 6 heteroatoms. The lowest BCUT2D eigenvalue weighted by Crippen LogP contribution is -2.06. The number of halogens is 1. The second kappa shape index (κ2) is 6.85. The molecule has 0 aliphatic rings. The number of aromatic nitrogens is 1. The van der Waals surface area contributed by atoms with E-state index in [2.05, 4.69) is 10.1 Å². The molecule has 0 saturated carbocycles. The molecule has 5 nitrogen and oxygen atoms in total. The summed E-state index contributed by atoms with van der Waals surface area (Å²) in [5.41, 5.74) is 1.60. The fourth-order valence-corrected chi connectivity index (χ4v) is 1.82. The molecule has 2 rings (SSSR count). The Morgan fingerprint density at radius 2 is 1.95 bits per heavy atom. The van der Waals surface area contributed by atoms with Gasteiger partial charge >= 0.3 is 5.97 Å². The van der Waals surface area contributed by atoms with Crippen LogP contribution < -0.4 is 4.74 Å². The van der Waals surface area contributed by atoms with Crippen LogP contribution in [0, 0.1) is 0 Å². The zero-order valence-electron chi connectivity index (χ0n) is 11.5. The summed E-state index contributed by atoms with van der Waals surface area (Å²) in [6.07, 6.45) is 3.27. The number of carbonyl (C=O) groups excluding carboxylic acids is 1. The van der Waals surface area contributed by atoms with Gasteiger partial charge in [0, 0.05) is 23.0 Å². The number of oxime groups is 1. The van der Waals surface area contributed by atoms with E-state index in [9.17, 15) is 4.79 Å². The molecule has 21 heavy (non-hydrogen) atoms. The standard InChI is InChI=1S/C15H13ClN2O3/c1-10(11-5-7-17-8-6-11)18-21-15(19)13-9-12(16)3-4-14(13)20-2/h3-9H,1-2H3/b18-10+. The summed E-state index contributed by atoms with van der Waals surface area (Å²) in [5, 5.41) is 4.23. The van der Waals surface area contributed by atoms with Crippen LogP contribution in [-0.4, -0.2) is 23.8 Å². The smallest absolute Gasteiger partial charge is 0.369 e. The fraction of sp³-hybridized carbons (Fsp3) is 0.133. The lowest BCUT2D eigenvalue weighted by molar-refractivity contribution is 0.0512. The third-order valence-electron chi connectivity index (χ3n) is 2.75. The van der Waals surface area contributed by atoms with Crippen LogP contribution >= 0.6 is 11.6 Å². The van der Waals surface area contributed by atoms with E-state index in [1.54, 1.807) is 43.6 Å². The summed E-state index contributed by atoms with van der Waals surface area (Å²) in [6.45, 7) is 1.73. The number of rotatable bonds is 4. The molecule has 1 aromatic carbocycles. The molecule has 0 N–H and O–H groups in total. The third kappa shape index (κ3) is 3.79. The van der Waals surface area contributed by atoms with Crippen LogP contribution in [0.25, 0.3) is 0 Å². The molecule has 0 spiro atoms. The predicted octanol–water partition coefficient (Wildman–Crippen LogP) is 3.32. The van der Waals surface area contributed by atoms with Gasteiger partial charge in [-0.2, -0.15) is 0 Å². The molecular weight excluding hydrogens is 292 g/mol. The maximum atomic E-state index is 12.0. The SMILES string of the molecule is COc1ccc(Cl)cc1C(=O)O/N=C(\C)c1ccncc1. The van der Waals surface area contributed by atoms with Crippen molar-refractivity contribution in [3.8, 4) is 5.75 Å². The molecule has 0 atom stereocenters. The molecule has 1 heterocycles. The van der Waals surface area contributed by atoms with Crippen LogP contribution in [0.1, 0.15) is 22.8 Å². The fourth-order valence-electron chi connectivity index (χ4n) is 1.64. The minimum Gasteiger partial charge on any atom is -0.496 e. The average molecular weight is 305 g/mol. The monoisotopic (exact) mass is 304 g/mol. The first kappa shape index (κ1) is 15.0.